The van der Waals surface area contributed by atoms with Crippen LogP contribution in [0.2, 0.25) is 0 Å². The number of rotatable bonds is 3. The van der Waals surface area contributed by atoms with Crippen LogP contribution in [0.15, 0.2) is 48.7 Å². The van der Waals surface area contributed by atoms with Crippen molar-refractivity contribution in [1.82, 2.24) is 9.38 Å². The van der Waals surface area contributed by atoms with E-state index in [1.165, 1.54) is 0 Å². The molecule has 0 aliphatic carbocycles. The van der Waals surface area contributed by atoms with Gasteiger partial charge in [-0.25, -0.2) is 4.98 Å². The van der Waals surface area contributed by atoms with Crippen molar-refractivity contribution in [3.63, 3.8) is 0 Å². The maximum atomic E-state index is 12.6. The van der Waals surface area contributed by atoms with Crippen molar-refractivity contribution in [3.8, 4) is 11.3 Å². The molecule has 3 aromatic rings. The largest absolute Gasteiger partial charge is 0.381 e. The normalized spacial score (nSPS) is 17.3. The average Bonchev–Trinajstić information content (AvgIpc) is 3.25. The van der Waals surface area contributed by atoms with Gasteiger partial charge >= 0.3 is 0 Å². The minimum Gasteiger partial charge on any atom is -0.381 e. The fourth-order valence-corrected chi connectivity index (χ4v) is 3.08. The highest BCUT2D eigenvalue weighted by Gasteiger charge is 2.26. The van der Waals surface area contributed by atoms with E-state index in [4.69, 9.17) is 9.72 Å². The second-order valence-corrected chi connectivity index (χ2v) is 6.11. The van der Waals surface area contributed by atoms with E-state index in [0.29, 0.717) is 13.2 Å². The molecular formula is C19H19N3O2. The molecule has 1 aromatic carbocycles. The van der Waals surface area contributed by atoms with E-state index < -0.39 is 0 Å². The van der Waals surface area contributed by atoms with Crippen LogP contribution in [-0.4, -0.2) is 28.5 Å². The van der Waals surface area contributed by atoms with Crippen LogP contribution in [0.4, 0.5) is 5.82 Å². The Morgan fingerprint density at radius 3 is 2.83 bits per heavy atom. The molecular weight excluding hydrogens is 302 g/mol. The molecule has 0 radical (unpaired) electrons. The van der Waals surface area contributed by atoms with Gasteiger partial charge in [0.25, 0.3) is 0 Å². The molecule has 1 amide bonds. The number of hydrogen-bond acceptors (Lipinski definition) is 3. The number of hydrogen-bond donors (Lipinski definition) is 1. The Morgan fingerprint density at radius 1 is 1.25 bits per heavy atom. The summed E-state index contributed by atoms with van der Waals surface area (Å²) in [6.45, 7) is 3.16. The zero-order valence-corrected chi connectivity index (χ0v) is 13.5. The second-order valence-electron chi connectivity index (χ2n) is 6.11. The van der Waals surface area contributed by atoms with E-state index in [1.807, 2.05) is 60.0 Å². The predicted molar refractivity (Wildman–Crippen MR) is 92.9 cm³/mol. The molecule has 0 unspecified atom stereocenters. The summed E-state index contributed by atoms with van der Waals surface area (Å²) in [4.78, 5) is 17.4. The first kappa shape index (κ1) is 14.9. The molecule has 4 rings (SSSR count). The van der Waals surface area contributed by atoms with Crippen molar-refractivity contribution in [2.24, 2.45) is 5.92 Å². The van der Waals surface area contributed by atoms with E-state index in [0.717, 1.165) is 34.7 Å². The highest BCUT2D eigenvalue weighted by molar-refractivity contribution is 5.96. The number of ether oxygens (including phenoxy) is 1. The number of fused-ring (bicyclic) bond motifs is 1. The lowest BCUT2D eigenvalue weighted by Gasteiger charge is -2.11. The van der Waals surface area contributed by atoms with Crippen LogP contribution in [0.3, 0.4) is 0 Å². The highest BCUT2D eigenvalue weighted by atomic mass is 16.5. The Labute approximate surface area is 140 Å². The molecule has 122 valence electrons. The molecule has 5 nitrogen and oxygen atoms in total. The standard InChI is InChI=1S/C19H19N3O2/c1-13-6-5-10-22-17(13)20-16(14-7-3-2-4-8-14)18(22)21-19(23)15-9-11-24-12-15/h2-8,10,15H,9,11-12H2,1H3,(H,21,23)/t15-/m1/s1. The first-order valence-electron chi connectivity index (χ1n) is 8.16. The third kappa shape index (κ3) is 2.57. The third-order valence-corrected chi connectivity index (χ3v) is 4.43. The number of nitrogens with zero attached hydrogens (tertiary/aromatic N) is 2. The summed E-state index contributed by atoms with van der Waals surface area (Å²) in [7, 11) is 0. The molecule has 2 aromatic heterocycles. The zero-order valence-electron chi connectivity index (χ0n) is 13.5. The van der Waals surface area contributed by atoms with Gasteiger partial charge in [-0.3, -0.25) is 9.20 Å². The molecule has 1 saturated heterocycles. The Bertz CT molecular complexity index is 880. The van der Waals surface area contributed by atoms with Gasteiger partial charge in [-0.1, -0.05) is 36.4 Å². The number of nitrogens with one attached hydrogen (secondary N) is 1. The molecule has 5 heteroatoms. The number of pyridine rings is 1. The molecule has 0 bridgehead atoms. The predicted octanol–water partition coefficient (Wildman–Crippen LogP) is 3.28. The van der Waals surface area contributed by atoms with Crippen molar-refractivity contribution in [3.05, 3.63) is 54.2 Å². The first-order chi connectivity index (χ1) is 11.7. The van der Waals surface area contributed by atoms with Gasteiger partial charge in [-0.05, 0) is 25.0 Å². The molecule has 1 N–H and O–H groups in total. The van der Waals surface area contributed by atoms with Crippen LogP contribution in [-0.2, 0) is 9.53 Å². The number of carbonyl (C=O) groups is 1. The summed E-state index contributed by atoms with van der Waals surface area (Å²) in [5.41, 5.74) is 3.70. The van der Waals surface area contributed by atoms with Gasteiger partial charge in [0.15, 0.2) is 0 Å². The lowest BCUT2D eigenvalue weighted by atomic mass is 10.1. The molecule has 1 fully saturated rings. The number of aryl methyl sites for hydroxylation is 1. The van der Waals surface area contributed by atoms with Crippen molar-refractivity contribution >= 4 is 17.4 Å². The van der Waals surface area contributed by atoms with Gasteiger partial charge < -0.3 is 10.1 Å². The van der Waals surface area contributed by atoms with Gasteiger partial charge in [-0.2, -0.15) is 0 Å². The monoisotopic (exact) mass is 321 g/mol. The van der Waals surface area contributed by atoms with Gasteiger partial charge in [0, 0.05) is 18.4 Å². The minimum absolute atomic E-state index is 0.00649. The SMILES string of the molecule is Cc1cccn2c(NC(=O)[C@@H]3CCOC3)c(-c3ccccc3)nc12. The summed E-state index contributed by atoms with van der Waals surface area (Å²) < 4.78 is 7.29. The second kappa shape index (κ2) is 6.09. The zero-order chi connectivity index (χ0) is 16.5. The van der Waals surface area contributed by atoms with E-state index in [2.05, 4.69) is 5.32 Å². The summed E-state index contributed by atoms with van der Waals surface area (Å²) in [6, 6.07) is 13.9. The fraction of sp³-hybridized carbons (Fsp3) is 0.263. The lowest BCUT2D eigenvalue weighted by Crippen LogP contribution is -2.23. The third-order valence-electron chi connectivity index (χ3n) is 4.43. The van der Waals surface area contributed by atoms with E-state index in [9.17, 15) is 4.79 Å². The molecule has 3 heterocycles. The van der Waals surface area contributed by atoms with Crippen LogP contribution in [0, 0.1) is 12.8 Å². The van der Waals surface area contributed by atoms with Crippen LogP contribution in [0.1, 0.15) is 12.0 Å². The molecule has 1 aliphatic heterocycles. The van der Waals surface area contributed by atoms with E-state index in [-0.39, 0.29) is 11.8 Å². The van der Waals surface area contributed by atoms with E-state index in [1.54, 1.807) is 0 Å². The van der Waals surface area contributed by atoms with Crippen LogP contribution < -0.4 is 5.32 Å². The van der Waals surface area contributed by atoms with Gasteiger partial charge in [0.2, 0.25) is 5.91 Å². The first-order valence-corrected chi connectivity index (χ1v) is 8.16. The fourth-order valence-electron chi connectivity index (χ4n) is 3.08. The summed E-state index contributed by atoms with van der Waals surface area (Å²) in [6.07, 6.45) is 2.70. The van der Waals surface area contributed by atoms with Crippen molar-refractivity contribution < 1.29 is 9.53 Å². The molecule has 1 atom stereocenters. The van der Waals surface area contributed by atoms with Crippen LogP contribution in [0.5, 0.6) is 0 Å². The van der Waals surface area contributed by atoms with E-state index >= 15 is 0 Å². The quantitative estimate of drug-likeness (QED) is 0.805. The van der Waals surface area contributed by atoms with Crippen molar-refractivity contribution in [1.29, 1.82) is 0 Å². The smallest absolute Gasteiger partial charge is 0.231 e. The number of carbonyl (C=O) groups excluding carboxylic acids is 1. The summed E-state index contributed by atoms with van der Waals surface area (Å²) in [5.74, 6) is 0.619. The Balaban J connectivity index is 1.82. The Hall–Kier alpha value is -2.66. The Morgan fingerprint density at radius 2 is 2.08 bits per heavy atom. The summed E-state index contributed by atoms with van der Waals surface area (Å²) >= 11 is 0. The molecule has 24 heavy (non-hydrogen) atoms. The van der Waals surface area contributed by atoms with Gasteiger partial charge in [0.05, 0.1) is 12.5 Å². The summed E-state index contributed by atoms with van der Waals surface area (Å²) in [5, 5.41) is 3.08. The maximum absolute atomic E-state index is 12.6. The van der Waals surface area contributed by atoms with Crippen LogP contribution >= 0.6 is 0 Å². The molecule has 0 saturated carbocycles. The minimum atomic E-state index is -0.0935. The average molecular weight is 321 g/mol. The topological polar surface area (TPSA) is 55.6 Å². The number of aromatic nitrogens is 2. The van der Waals surface area contributed by atoms with Crippen molar-refractivity contribution in [2.45, 2.75) is 13.3 Å². The lowest BCUT2D eigenvalue weighted by molar-refractivity contribution is -0.119. The highest BCUT2D eigenvalue weighted by Crippen LogP contribution is 2.30. The van der Waals surface area contributed by atoms with Crippen molar-refractivity contribution in [2.75, 3.05) is 18.5 Å². The molecule has 0 spiro atoms. The number of anilines is 1. The maximum Gasteiger partial charge on any atom is 0.231 e. The van der Waals surface area contributed by atoms with Gasteiger partial charge in [0.1, 0.15) is 17.2 Å². The van der Waals surface area contributed by atoms with Crippen LogP contribution in [0.25, 0.3) is 16.9 Å². The Kier molecular flexibility index (Phi) is 3.78. The van der Waals surface area contributed by atoms with Gasteiger partial charge in [-0.15, -0.1) is 0 Å². The molecule has 1 aliphatic rings. The number of amides is 1. The number of imidazole rings is 1. The number of benzene rings is 1.